The van der Waals surface area contributed by atoms with Gasteiger partial charge in [-0.05, 0) is 30.5 Å². The molecule has 1 aromatic rings. The summed E-state index contributed by atoms with van der Waals surface area (Å²) in [6.07, 6.45) is 3.00. The molecule has 1 fully saturated rings. The van der Waals surface area contributed by atoms with Crippen LogP contribution in [0.5, 0.6) is 0 Å². The quantitative estimate of drug-likeness (QED) is 0.858. The highest BCUT2D eigenvalue weighted by Gasteiger charge is 2.39. The van der Waals surface area contributed by atoms with Crippen molar-refractivity contribution in [3.05, 3.63) is 29.8 Å². The number of carbonyl (C=O) groups excluding carboxylic acids is 1. The van der Waals surface area contributed by atoms with Crippen LogP contribution >= 0.6 is 0 Å². The molecule has 2 N–H and O–H groups in total. The number of nitrogens with one attached hydrogen (secondary N) is 1. The van der Waals surface area contributed by atoms with Gasteiger partial charge in [0.05, 0.1) is 6.42 Å². The first-order valence-corrected chi connectivity index (χ1v) is 6.12. The Labute approximate surface area is 106 Å². The summed E-state index contributed by atoms with van der Waals surface area (Å²) in [5.74, 6) is -0.798. The lowest BCUT2D eigenvalue weighted by Crippen LogP contribution is -2.39. The fraction of sp³-hybridized carbons (Fsp3) is 0.429. The Kier molecular flexibility index (Phi) is 3.36. The third-order valence-electron chi connectivity index (χ3n) is 3.57. The topological polar surface area (TPSA) is 66.4 Å². The van der Waals surface area contributed by atoms with Gasteiger partial charge in [0.2, 0.25) is 5.91 Å². The number of anilines is 1. The van der Waals surface area contributed by atoms with Gasteiger partial charge in [0.1, 0.15) is 0 Å². The van der Waals surface area contributed by atoms with Crippen molar-refractivity contribution in [1.82, 2.24) is 0 Å². The van der Waals surface area contributed by atoms with E-state index in [1.165, 1.54) is 0 Å². The normalized spacial score (nSPS) is 16.7. The molecule has 0 unspecified atom stereocenters. The third kappa shape index (κ3) is 2.70. The fourth-order valence-corrected chi connectivity index (χ4v) is 2.10. The second kappa shape index (κ2) is 4.80. The lowest BCUT2D eigenvalue weighted by Gasteiger charge is -2.36. The maximum atomic E-state index is 12.0. The zero-order valence-electron chi connectivity index (χ0n) is 10.4. The molecular weight excluding hydrogens is 230 g/mol. The van der Waals surface area contributed by atoms with E-state index >= 15 is 0 Å². The summed E-state index contributed by atoms with van der Waals surface area (Å²) in [4.78, 5) is 22.5. The predicted octanol–water partition coefficient (Wildman–Crippen LogP) is 2.44. The minimum Gasteiger partial charge on any atom is -0.481 e. The van der Waals surface area contributed by atoms with Crippen LogP contribution in [-0.4, -0.2) is 17.0 Å². The zero-order chi connectivity index (χ0) is 13.2. The van der Waals surface area contributed by atoms with Gasteiger partial charge >= 0.3 is 5.97 Å². The molecular formula is C14H17NO3. The van der Waals surface area contributed by atoms with Gasteiger partial charge in [-0.15, -0.1) is 0 Å². The van der Waals surface area contributed by atoms with Crippen LogP contribution in [0, 0.1) is 5.41 Å². The lowest BCUT2D eigenvalue weighted by atomic mass is 9.70. The predicted molar refractivity (Wildman–Crippen MR) is 68.4 cm³/mol. The molecule has 1 saturated carbocycles. The van der Waals surface area contributed by atoms with Crippen molar-refractivity contribution in [1.29, 1.82) is 0 Å². The van der Waals surface area contributed by atoms with E-state index in [-0.39, 0.29) is 17.7 Å². The van der Waals surface area contributed by atoms with E-state index in [4.69, 9.17) is 5.11 Å². The summed E-state index contributed by atoms with van der Waals surface area (Å²) in [5.41, 5.74) is 1.23. The van der Waals surface area contributed by atoms with Crippen molar-refractivity contribution < 1.29 is 14.7 Å². The number of aliphatic carboxylic acids is 1. The molecule has 4 nitrogen and oxygen atoms in total. The Bertz CT molecular complexity index is 460. The number of amides is 1. The van der Waals surface area contributed by atoms with E-state index in [9.17, 15) is 9.59 Å². The van der Waals surface area contributed by atoms with E-state index in [0.29, 0.717) is 0 Å². The summed E-state index contributed by atoms with van der Waals surface area (Å²) >= 11 is 0. The largest absolute Gasteiger partial charge is 0.481 e. The van der Waals surface area contributed by atoms with Gasteiger partial charge in [-0.25, -0.2) is 0 Å². The molecule has 0 atom stereocenters. The fourth-order valence-electron chi connectivity index (χ4n) is 2.10. The highest BCUT2D eigenvalue weighted by Crippen LogP contribution is 2.41. The molecule has 4 heteroatoms. The molecule has 1 aromatic carbocycles. The Balaban J connectivity index is 1.97. The number of rotatable bonds is 4. The molecule has 0 bridgehead atoms. The third-order valence-corrected chi connectivity index (χ3v) is 3.57. The number of benzene rings is 1. The van der Waals surface area contributed by atoms with E-state index in [0.717, 1.165) is 30.5 Å². The van der Waals surface area contributed by atoms with Crippen molar-refractivity contribution in [3.63, 3.8) is 0 Å². The standard InChI is InChI=1S/C14H17NO3/c1-14(7-2-8-14)13(18)15-11-5-3-10(4-6-11)9-12(16)17/h3-6H,2,7-9H2,1H3,(H,15,18)(H,16,17). The van der Waals surface area contributed by atoms with Crippen molar-refractivity contribution >= 4 is 17.6 Å². The highest BCUT2D eigenvalue weighted by atomic mass is 16.4. The Morgan fingerprint density at radius 1 is 1.28 bits per heavy atom. The van der Waals surface area contributed by atoms with Gasteiger partial charge in [0.25, 0.3) is 0 Å². The molecule has 1 aliphatic carbocycles. The first-order chi connectivity index (χ1) is 8.49. The van der Waals surface area contributed by atoms with Crippen LogP contribution in [0.1, 0.15) is 31.7 Å². The molecule has 18 heavy (non-hydrogen) atoms. The van der Waals surface area contributed by atoms with E-state index in [2.05, 4.69) is 5.32 Å². The summed E-state index contributed by atoms with van der Waals surface area (Å²) in [6, 6.07) is 6.95. The van der Waals surface area contributed by atoms with E-state index in [1.807, 2.05) is 6.92 Å². The second-order valence-corrected chi connectivity index (χ2v) is 5.14. The molecule has 1 aliphatic rings. The van der Waals surface area contributed by atoms with Crippen molar-refractivity contribution in [2.45, 2.75) is 32.6 Å². The molecule has 0 heterocycles. The van der Waals surface area contributed by atoms with Gasteiger partial charge < -0.3 is 10.4 Å². The Morgan fingerprint density at radius 2 is 1.89 bits per heavy atom. The average molecular weight is 247 g/mol. The summed E-state index contributed by atoms with van der Waals surface area (Å²) in [5, 5.41) is 11.5. The average Bonchev–Trinajstić information content (AvgIpc) is 2.28. The van der Waals surface area contributed by atoms with Crippen LogP contribution in [0.4, 0.5) is 5.69 Å². The smallest absolute Gasteiger partial charge is 0.307 e. The van der Waals surface area contributed by atoms with Gasteiger partial charge in [-0.2, -0.15) is 0 Å². The molecule has 96 valence electrons. The summed E-state index contributed by atoms with van der Waals surface area (Å²) in [7, 11) is 0. The Morgan fingerprint density at radius 3 is 2.33 bits per heavy atom. The van der Waals surface area contributed by atoms with Crippen LogP contribution in [0.2, 0.25) is 0 Å². The molecule has 2 rings (SSSR count). The Hall–Kier alpha value is -1.84. The molecule has 0 radical (unpaired) electrons. The first kappa shape index (κ1) is 12.6. The summed E-state index contributed by atoms with van der Waals surface area (Å²) < 4.78 is 0. The minimum atomic E-state index is -0.853. The molecule has 0 aliphatic heterocycles. The van der Waals surface area contributed by atoms with Gasteiger partial charge in [-0.3, -0.25) is 9.59 Å². The van der Waals surface area contributed by atoms with Crippen LogP contribution in [0.3, 0.4) is 0 Å². The number of carbonyl (C=O) groups is 2. The van der Waals surface area contributed by atoms with Crippen molar-refractivity contribution in [2.24, 2.45) is 5.41 Å². The van der Waals surface area contributed by atoms with Crippen LogP contribution < -0.4 is 5.32 Å². The van der Waals surface area contributed by atoms with Crippen LogP contribution in [-0.2, 0) is 16.0 Å². The van der Waals surface area contributed by atoms with Crippen molar-refractivity contribution in [3.8, 4) is 0 Å². The second-order valence-electron chi connectivity index (χ2n) is 5.14. The van der Waals surface area contributed by atoms with Crippen molar-refractivity contribution in [2.75, 3.05) is 5.32 Å². The van der Waals surface area contributed by atoms with Crippen LogP contribution in [0.15, 0.2) is 24.3 Å². The number of carboxylic acids is 1. The molecule has 0 aromatic heterocycles. The number of carboxylic acid groups (broad SMARTS) is 1. The monoisotopic (exact) mass is 247 g/mol. The highest BCUT2D eigenvalue weighted by molar-refractivity contribution is 5.95. The van der Waals surface area contributed by atoms with E-state index < -0.39 is 5.97 Å². The van der Waals surface area contributed by atoms with Gasteiger partial charge in [-0.1, -0.05) is 25.5 Å². The number of hydrogen-bond donors (Lipinski definition) is 2. The molecule has 0 spiro atoms. The maximum Gasteiger partial charge on any atom is 0.307 e. The SMILES string of the molecule is CC1(C(=O)Nc2ccc(CC(=O)O)cc2)CCC1. The maximum absolute atomic E-state index is 12.0. The zero-order valence-corrected chi connectivity index (χ0v) is 10.4. The minimum absolute atomic E-state index is 0.00589. The lowest BCUT2D eigenvalue weighted by molar-refractivity contribution is -0.136. The van der Waals surface area contributed by atoms with Crippen LogP contribution in [0.25, 0.3) is 0 Å². The molecule has 0 saturated heterocycles. The number of hydrogen-bond acceptors (Lipinski definition) is 2. The summed E-state index contributed by atoms with van der Waals surface area (Å²) in [6.45, 7) is 1.98. The van der Waals surface area contributed by atoms with Gasteiger partial charge in [0, 0.05) is 11.1 Å². The first-order valence-electron chi connectivity index (χ1n) is 6.12. The van der Waals surface area contributed by atoms with E-state index in [1.54, 1.807) is 24.3 Å². The molecule has 1 amide bonds. The van der Waals surface area contributed by atoms with Gasteiger partial charge in [0.15, 0.2) is 0 Å².